The maximum atomic E-state index is 12.2. The average Bonchev–Trinajstić information content (AvgIpc) is 2.82. The average molecular weight is 332 g/mol. The second-order valence-electron chi connectivity index (χ2n) is 9.50. The highest BCUT2D eigenvalue weighted by Crippen LogP contribution is 2.66. The highest BCUT2D eigenvalue weighted by molar-refractivity contribution is 5.83. The Morgan fingerprint density at radius 2 is 1.96 bits per heavy atom. The van der Waals surface area contributed by atoms with E-state index in [1.54, 1.807) is 0 Å². The number of carbonyl (C=O) groups excluding carboxylic acids is 1. The fraction of sp³-hybridized carbons (Fsp3) is 0.857. The lowest BCUT2D eigenvalue weighted by Gasteiger charge is -2.61. The number of fused-ring (bicyclic) bond motifs is 5. The minimum Gasteiger partial charge on any atom is -0.395 e. The zero-order chi connectivity index (χ0) is 17.3. The Labute approximate surface area is 145 Å². The van der Waals surface area contributed by atoms with Gasteiger partial charge in [0.05, 0.1) is 12.7 Å². The molecule has 3 fully saturated rings. The highest BCUT2D eigenvalue weighted by atomic mass is 16.3. The lowest BCUT2D eigenvalue weighted by molar-refractivity contribution is -0.133. The summed E-state index contributed by atoms with van der Waals surface area (Å²) >= 11 is 0. The van der Waals surface area contributed by atoms with E-state index < -0.39 is 0 Å². The molecule has 3 heteroatoms. The second-order valence-corrected chi connectivity index (χ2v) is 9.50. The van der Waals surface area contributed by atoms with Crippen LogP contribution in [-0.4, -0.2) is 28.7 Å². The molecule has 0 bridgehead atoms. The zero-order valence-electron chi connectivity index (χ0n) is 15.3. The SMILES string of the molecule is C[C@@H]1C=C2CC(=O)C[C@H](C)[C@]2(CO)[C@H]2CC[C@]3(C)[C@@H](O)CC[C@H]3[C@H]12. The molecule has 3 nitrogen and oxygen atoms in total. The number of Topliss-reactive ketones (excluding diaryl/α,β-unsaturated/α-hetero) is 1. The molecule has 0 amide bonds. The van der Waals surface area contributed by atoms with Crippen LogP contribution in [0.4, 0.5) is 0 Å². The standard InChI is InChI=1S/C21H32O3/c1-12-8-14-10-15(23)9-13(2)21(14,11-22)17-6-7-20(3)16(19(12)17)4-5-18(20)24/h8,12-13,16-19,22,24H,4-7,9-11H2,1-3H3/t12-,13+,16+,17+,18+,19+,20+,21+/m1/s1. The summed E-state index contributed by atoms with van der Waals surface area (Å²) in [4.78, 5) is 12.2. The van der Waals surface area contributed by atoms with Crippen LogP contribution in [0.3, 0.4) is 0 Å². The van der Waals surface area contributed by atoms with E-state index in [0.29, 0.717) is 42.3 Å². The van der Waals surface area contributed by atoms with E-state index in [4.69, 9.17) is 0 Å². The van der Waals surface area contributed by atoms with Gasteiger partial charge in [-0.1, -0.05) is 32.4 Å². The monoisotopic (exact) mass is 332 g/mol. The fourth-order valence-corrected chi connectivity index (χ4v) is 7.41. The van der Waals surface area contributed by atoms with Crippen molar-refractivity contribution in [1.29, 1.82) is 0 Å². The van der Waals surface area contributed by atoms with Gasteiger partial charge in [0.2, 0.25) is 0 Å². The fourth-order valence-electron chi connectivity index (χ4n) is 7.41. The van der Waals surface area contributed by atoms with Gasteiger partial charge >= 0.3 is 0 Å². The number of carbonyl (C=O) groups is 1. The van der Waals surface area contributed by atoms with Crippen molar-refractivity contribution in [2.45, 2.75) is 65.4 Å². The third-order valence-electron chi connectivity index (χ3n) is 8.68. The molecule has 0 aromatic rings. The molecule has 0 heterocycles. The molecule has 8 atom stereocenters. The third-order valence-corrected chi connectivity index (χ3v) is 8.68. The maximum Gasteiger partial charge on any atom is 0.137 e. The Hall–Kier alpha value is -0.670. The van der Waals surface area contributed by atoms with Gasteiger partial charge in [-0.3, -0.25) is 4.79 Å². The molecule has 3 saturated carbocycles. The summed E-state index contributed by atoms with van der Waals surface area (Å²) in [7, 11) is 0. The molecule has 134 valence electrons. The summed E-state index contributed by atoms with van der Waals surface area (Å²) in [6.45, 7) is 6.93. The van der Waals surface area contributed by atoms with Crippen molar-refractivity contribution in [3.8, 4) is 0 Å². The lowest BCUT2D eigenvalue weighted by atomic mass is 9.44. The third kappa shape index (κ3) is 1.94. The van der Waals surface area contributed by atoms with Crippen LogP contribution in [0.5, 0.6) is 0 Å². The number of allylic oxidation sites excluding steroid dienone is 1. The van der Waals surface area contributed by atoms with Crippen molar-refractivity contribution in [3.63, 3.8) is 0 Å². The summed E-state index contributed by atoms with van der Waals surface area (Å²) in [5.41, 5.74) is 1.08. The topological polar surface area (TPSA) is 57.5 Å². The van der Waals surface area contributed by atoms with Gasteiger partial charge in [0.1, 0.15) is 5.78 Å². The Morgan fingerprint density at radius 1 is 1.21 bits per heavy atom. The highest BCUT2D eigenvalue weighted by Gasteiger charge is 2.62. The van der Waals surface area contributed by atoms with E-state index in [0.717, 1.165) is 25.7 Å². The van der Waals surface area contributed by atoms with Crippen molar-refractivity contribution in [2.24, 2.45) is 40.4 Å². The Bertz CT molecular complexity index is 582. The molecule has 4 rings (SSSR count). The number of hydrogen-bond acceptors (Lipinski definition) is 3. The number of aliphatic hydroxyl groups excluding tert-OH is 2. The van der Waals surface area contributed by atoms with E-state index in [1.807, 2.05) is 0 Å². The number of rotatable bonds is 1. The van der Waals surface area contributed by atoms with E-state index in [2.05, 4.69) is 26.8 Å². The molecular formula is C21H32O3. The first-order chi connectivity index (χ1) is 11.3. The summed E-state index contributed by atoms with van der Waals surface area (Å²) < 4.78 is 0. The van der Waals surface area contributed by atoms with Crippen molar-refractivity contribution >= 4 is 5.78 Å². The molecule has 4 aliphatic carbocycles. The van der Waals surface area contributed by atoms with Gasteiger partial charge in [0.25, 0.3) is 0 Å². The Balaban J connectivity index is 1.80. The van der Waals surface area contributed by atoms with Gasteiger partial charge < -0.3 is 10.2 Å². The second kappa shape index (κ2) is 5.41. The summed E-state index contributed by atoms with van der Waals surface area (Å²) in [5.74, 6) is 2.55. The molecule has 24 heavy (non-hydrogen) atoms. The minimum absolute atomic E-state index is 0.0468. The van der Waals surface area contributed by atoms with Crippen molar-refractivity contribution < 1.29 is 15.0 Å². The van der Waals surface area contributed by atoms with Gasteiger partial charge in [0, 0.05) is 18.3 Å². The van der Waals surface area contributed by atoms with E-state index in [1.165, 1.54) is 5.57 Å². The Kier molecular flexibility index (Phi) is 3.78. The molecule has 0 aromatic carbocycles. The van der Waals surface area contributed by atoms with Crippen LogP contribution in [0, 0.1) is 40.4 Å². The summed E-state index contributed by atoms with van der Waals surface area (Å²) in [6, 6.07) is 0. The normalized spacial score (nSPS) is 53.9. The first kappa shape index (κ1) is 16.8. The molecule has 2 N–H and O–H groups in total. The predicted octanol–water partition coefficient (Wildman–Crippen LogP) is 3.34. The molecule has 0 aromatic heterocycles. The molecule has 4 aliphatic rings. The van der Waals surface area contributed by atoms with Crippen molar-refractivity contribution in [2.75, 3.05) is 6.61 Å². The van der Waals surface area contributed by atoms with Crippen LogP contribution in [-0.2, 0) is 4.79 Å². The molecule has 0 spiro atoms. The molecular weight excluding hydrogens is 300 g/mol. The smallest absolute Gasteiger partial charge is 0.137 e. The molecule has 0 saturated heterocycles. The summed E-state index contributed by atoms with van der Waals surface area (Å²) in [5, 5.41) is 21.1. The zero-order valence-corrected chi connectivity index (χ0v) is 15.3. The van der Waals surface area contributed by atoms with Gasteiger partial charge in [-0.15, -0.1) is 0 Å². The van der Waals surface area contributed by atoms with Crippen LogP contribution in [0.1, 0.15) is 59.3 Å². The van der Waals surface area contributed by atoms with Gasteiger partial charge in [0.15, 0.2) is 0 Å². The minimum atomic E-state index is -0.194. The number of ketones is 1. The van der Waals surface area contributed by atoms with Crippen LogP contribution in [0.2, 0.25) is 0 Å². The Morgan fingerprint density at radius 3 is 2.67 bits per heavy atom. The van der Waals surface area contributed by atoms with E-state index in [9.17, 15) is 15.0 Å². The van der Waals surface area contributed by atoms with Crippen molar-refractivity contribution in [1.82, 2.24) is 0 Å². The van der Waals surface area contributed by atoms with E-state index >= 15 is 0 Å². The van der Waals surface area contributed by atoms with Crippen LogP contribution < -0.4 is 0 Å². The van der Waals surface area contributed by atoms with Gasteiger partial charge in [-0.2, -0.15) is 0 Å². The lowest BCUT2D eigenvalue weighted by Crippen LogP contribution is -2.57. The molecule has 0 radical (unpaired) electrons. The molecule has 0 aliphatic heterocycles. The van der Waals surface area contributed by atoms with Crippen LogP contribution in [0.25, 0.3) is 0 Å². The number of aliphatic hydroxyl groups is 2. The summed E-state index contributed by atoms with van der Waals surface area (Å²) in [6.07, 6.45) is 7.49. The first-order valence-electron chi connectivity index (χ1n) is 9.86. The van der Waals surface area contributed by atoms with Crippen LogP contribution in [0.15, 0.2) is 11.6 Å². The largest absolute Gasteiger partial charge is 0.395 e. The van der Waals surface area contributed by atoms with Crippen LogP contribution >= 0.6 is 0 Å². The van der Waals surface area contributed by atoms with Gasteiger partial charge in [-0.25, -0.2) is 0 Å². The molecule has 0 unspecified atom stereocenters. The van der Waals surface area contributed by atoms with Crippen molar-refractivity contribution in [3.05, 3.63) is 11.6 Å². The first-order valence-corrected chi connectivity index (χ1v) is 9.86. The predicted molar refractivity (Wildman–Crippen MR) is 93.2 cm³/mol. The quantitative estimate of drug-likeness (QED) is 0.724. The maximum absolute atomic E-state index is 12.2. The van der Waals surface area contributed by atoms with E-state index in [-0.39, 0.29) is 29.5 Å². The number of hydrogen-bond donors (Lipinski definition) is 2. The van der Waals surface area contributed by atoms with Gasteiger partial charge in [-0.05, 0) is 60.7 Å².